The normalized spacial score (nSPS) is 11.9. The summed E-state index contributed by atoms with van der Waals surface area (Å²) in [6.07, 6.45) is 0.0995. The van der Waals surface area contributed by atoms with E-state index in [1.807, 2.05) is 131 Å². The Morgan fingerprint density at radius 3 is 1.30 bits per heavy atom. The highest BCUT2D eigenvalue weighted by Crippen LogP contribution is 2.32. The molecule has 4 aromatic carbocycles. The first-order chi connectivity index (χ1) is 37.3. The van der Waals surface area contributed by atoms with Gasteiger partial charge in [0.2, 0.25) is 11.8 Å². The number of anilines is 1. The number of nitro benzene ring substituents is 1. The van der Waals surface area contributed by atoms with Crippen LogP contribution >= 0.6 is 45.3 Å². The van der Waals surface area contributed by atoms with Crippen LogP contribution in [-0.2, 0) is 44.7 Å². The number of thiazole rings is 2. The van der Waals surface area contributed by atoms with E-state index in [9.17, 15) is 29.3 Å². The van der Waals surface area contributed by atoms with Gasteiger partial charge in [-0.2, -0.15) is 0 Å². The number of hydrogen-bond donors (Lipinski definition) is 7. The smallest absolute Gasteiger partial charge is 0.407 e. The van der Waals surface area contributed by atoms with Crippen LogP contribution in [0, 0.1) is 10.1 Å². The number of carbonyl (C=O) groups is 4. The van der Waals surface area contributed by atoms with Crippen LogP contribution in [0.25, 0.3) is 19.8 Å². The van der Waals surface area contributed by atoms with Crippen molar-refractivity contribution in [2.75, 3.05) is 33.7 Å². The average molecular weight is 1120 g/mol. The molecule has 8 N–H and O–H groups in total. The van der Waals surface area contributed by atoms with Gasteiger partial charge in [0.25, 0.3) is 5.69 Å². The second kappa shape index (κ2) is 31.9. The molecule has 4 amide bonds. The second-order valence-corrected chi connectivity index (χ2v) is 20.0. The Bertz CT molecular complexity index is 3020. The molecule has 4 atom stereocenters. The number of non-ortho nitro benzene ring substituents is 1. The minimum Gasteiger partial charge on any atom is -0.453 e. The third kappa shape index (κ3) is 19.3. The van der Waals surface area contributed by atoms with Gasteiger partial charge in [-0.25, -0.2) is 19.6 Å². The first-order valence-corrected chi connectivity index (χ1v) is 27.4. The van der Waals surface area contributed by atoms with Crippen LogP contribution in [-0.4, -0.2) is 89.1 Å². The van der Waals surface area contributed by atoms with E-state index in [4.69, 9.17) is 35.4 Å². The molecule has 0 aliphatic rings. The van der Waals surface area contributed by atoms with Gasteiger partial charge in [0.15, 0.2) is 0 Å². The van der Waals surface area contributed by atoms with Crippen molar-refractivity contribution in [3.63, 3.8) is 0 Å². The Morgan fingerprint density at radius 1 is 0.571 bits per heavy atom. The van der Waals surface area contributed by atoms with Gasteiger partial charge in [-0.15, -0.1) is 45.3 Å². The molecule has 8 rings (SSSR count). The fourth-order valence-corrected chi connectivity index (χ4v) is 10.7. The summed E-state index contributed by atoms with van der Waals surface area (Å²) >= 11 is 6.21. The topological polar surface area (TPSA) is 270 Å². The zero-order valence-corrected chi connectivity index (χ0v) is 45.8. The second-order valence-electron chi connectivity index (χ2n) is 16.4. The molecule has 0 saturated carbocycles. The number of aromatic nitrogens is 2. The number of nitrogen functional groups attached to an aromatic ring is 1. The van der Waals surface area contributed by atoms with Crippen LogP contribution in [0.1, 0.15) is 52.6 Å². The van der Waals surface area contributed by atoms with E-state index >= 15 is 0 Å². The minimum atomic E-state index is -0.885. The van der Waals surface area contributed by atoms with E-state index in [0.717, 1.165) is 54.8 Å². The van der Waals surface area contributed by atoms with E-state index in [2.05, 4.69) is 21.3 Å². The Hall–Kier alpha value is -7.86. The van der Waals surface area contributed by atoms with Crippen molar-refractivity contribution in [1.29, 1.82) is 0 Å². The largest absolute Gasteiger partial charge is 0.453 e. The van der Waals surface area contributed by atoms with E-state index in [1.54, 1.807) is 41.7 Å². The molecular weight excluding hydrogens is 1060 g/mol. The number of ether oxygens (including phenoxy) is 2. The van der Waals surface area contributed by atoms with Gasteiger partial charge in [0, 0.05) is 55.1 Å². The molecule has 4 heterocycles. The van der Waals surface area contributed by atoms with Gasteiger partial charge in [-0.1, -0.05) is 97.1 Å². The van der Waals surface area contributed by atoms with Gasteiger partial charge in [0.1, 0.15) is 22.1 Å². The summed E-state index contributed by atoms with van der Waals surface area (Å²) in [7, 11) is 3.52. The fraction of sp³-hybridized carbons (Fsp3) is 0.236. The number of carbonyl (C=O) groups excluding carboxylic acids is 4. The Morgan fingerprint density at radius 2 is 0.948 bits per heavy atom. The minimum absolute atomic E-state index is 0.0109. The molecule has 0 spiro atoms. The fourth-order valence-electron chi connectivity index (χ4n) is 7.32. The molecule has 22 heteroatoms. The lowest BCUT2D eigenvalue weighted by atomic mass is 10.0. The van der Waals surface area contributed by atoms with Crippen LogP contribution < -0.4 is 27.0 Å². The van der Waals surface area contributed by atoms with Crippen LogP contribution in [0.4, 0.5) is 21.0 Å². The van der Waals surface area contributed by atoms with Gasteiger partial charge in [-0.05, 0) is 77.0 Å². The van der Waals surface area contributed by atoms with E-state index < -0.39 is 47.2 Å². The Balaban J connectivity index is 0.000000263. The predicted octanol–water partition coefficient (Wildman–Crippen LogP) is 9.58. The lowest BCUT2D eigenvalue weighted by Gasteiger charge is -2.23. The summed E-state index contributed by atoms with van der Waals surface area (Å²) in [6, 6.07) is 38.0. The summed E-state index contributed by atoms with van der Waals surface area (Å²) in [5.74, 6) is -0.711. The predicted molar refractivity (Wildman–Crippen MR) is 304 cm³/mol. The third-order valence-electron chi connectivity index (χ3n) is 11.0. The van der Waals surface area contributed by atoms with Crippen molar-refractivity contribution in [1.82, 2.24) is 31.2 Å². The number of methoxy groups -OCH3 is 2. The zero-order chi connectivity index (χ0) is 55.5. The average Bonchev–Trinajstić information content (AvgIpc) is 4.32. The highest BCUT2D eigenvalue weighted by molar-refractivity contribution is 7.20. The highest BCUT2D eigenvalue weighted by Gasteiger charge is 2.28. The molecule has 0 bridgehead atoms. The number of alkyl carbamates (subject to hydrolysis) is 2. The number of aliphatic hydroxyl groups is 2. The first kappa shape index (κ1) is 60.0. The molecule has 0 saturated heterocycles. The summed E-state index contributed by atoms with van der Waals surface area (Å²) in [5, 5.41) is 46.6. The maximum absolute atomic E-state index is 13.5. The summed E-state index contributed by atoms with van der Waals surface area (Å²) in [6.45, 7) is 1.93. The van der Waals surface area contributed by atoms with Gasteiger partial charge in [0.05, 0.1) is 52.4 Å². The zero-order valence-electron chi connectivity index (χ0n) is 42.6. The monoisotopic (exact) mass is 1120 g/mol. The molecule has 0 radical (unpaired) electrons. The molecule has 8 aromatic rings. The van der Waals surface area contributed by atoms with Gasteiger partial charge in [-0.3, -0.25) is 19.7 Å². The molecule has 0 fully saturated rings. The number of nitrogens with one attached hydrogen (secondary N) is 4. The highest BCUT2D eigenvalue weighted by atomic mass is 32.1. The SMILES string of the molecule is CCO.CO.COC(=O)N[C@H](Cc1ccccc1)C(=O)N[C@@H](Cc1ccc(N)cc1)c1csc(-c2cccs2)n1.COC(=O)N[C@H](Cc1ccccc1)C(=O)N[C@@H](Cc1ccc([N+](=O)[O-])cc1)c1csc(-c2cccs2)n1. The summed E-state index contributed by atoms with van der Waals surface area (Å²) in [5.41, 5.74) is 11.5. The van der Waals surface area contributed by atoms with Crippen LogP contribution in [0.15, 0.2) is 155 Å². The van der Waals surface area contributed by atoms with Gasteiger partial charge >= 0.3 is 12.2 Å². The van der Waals surface area contributed by atoms with E-state index in [-0.39, 0.29) is 24.6 Å². The molecular formula is C55H60N8O10S4. The lowest BCUT2D eigenvalue weighted by molar-refractivity contribution is -0.384. The molecule has 77 heavy (non-hydrogen) atoms. The number of amides is 4. The maximum Gasteiger partial charge on any atom is 0.407 e. The van der Waals surface area contributed by atoms with E-state index in [1.165, 1.54) is 49.0 Å². The summed E-state index contributed by atoms with van der Waals surface area (Å²) in [4.78, 5) is 73.2. The van der Waals surface area contributed by atoms with Crippen molar-refractivity contribution in [2.45, 2.75) is 56.8 Å². The van der Waals surface area contributed by atoms with Crippen LogP contribution in [0.5, 0.6) is 0 Å². The van der Waals surface area contributed by atoms with Gasteiger partial charge < -0.3 is 46.7 Å². The number of aliphatic hydroxyl groups excluding tert-OH is 2. The first-order valence-electron chi connectivity index (χ1n) is 23.9. The Kier molecular flexibility index (Phi) is 24.9. The lowest BCUT2D eigenvalue weighted by Crippen LogP contribution is -2.49. The number of nitrogens with zero attached hydrogens (tertiary/aromatic N) is 3. The molecule has 404 valence electrons. The Labute approximate surface area is 462 Å². The summed E-state index contributed by atoms with van der Waals surface area (Å²) < 4.78 is 9.49. The van der Waals surface area contributed by atoms with Crippen LogP contribution in [0.2, 0.25) is 0 Å². The molecule has 18 nitrogen and oxygen atoms in total. The van der Waals surface area contributed by atoms with E-state index in [0.29, 0.717) is 30.6 Å². The van der Waals surface area contributed by atoms with Crippen molar-refractivity contribution in [3.8, 4) is 19.8 Å². The van der Waals surface area contributed by atoms with Crippen molar-refractivity contribution < 1.29 is 43.8 Å². The van der Waals surface area contributed by atoms with Crippen molar-refractivity contribution >= 4 is 80.7 Å². The van der Waals surface area contributed by atoms with Crippen molar-refractivity contribution in [3.05, 3.63) is 199 Å². The molecule has 0 aliphatic carbocycles. The number of nitrogens with two attached hydrogens (primary N) is 1. The standard InChI is InChI=1S/C26H24N4O5S2.C26H26N4O3S2.C2H6O.CH4O/c1-35-26(32)29-21(15-17-6-3-2-4-7-17)24(31)27-20(14-18-9-11-19(12-10-18)30(33)34)22-16-37-25(28-22)23-8-5-13-36-23;1-33-26(32)30-21(15-17-6-3-2-4-7-17)24(31)28-20(14-18-9-11-19(27)12-10-18)22-16-35-25(29-22)23-8-5-13-34-23;1-2-3;1-2/h2-13,16,20-21H,14-15H2,1H3,(H,27,31)(H,29,32);2-13,16,20-21H,14-15,27H2,1H3,(H,28,31)(H,30,32);3H,2H2,1H3;2H,1H3/t2*20-,21+;;/m00../s1. The number of thiophene rings is 2. The number of benzene rings is 4. The number of rotatable bonds is 19. The third-order valence-corrected chi connectivity index (χ3v) is 14.8. The van der Waals surface area contributed by atoms with Crippen LogP contribution in [0.3, 0.4) is 0 Å². The molecule has 0 aliphatic heterocycles. The molecule has 4 aromatic heterocycles. The number of nitro groups is 1. The number of hydrogen-bond acceptors (Lipinski definition) is 17. The maximum atomic E-state index is 13.5. The van der Waals surface area contributed by atoms with Crippen molar-refractivity contribution in [2.24, 2.45) is 0 Å². The molecule has 0 unspecified atom stereocenters. The quantitative estimate of drug-likeness (QED) is 0.0226.